The molecule has 0 saturated heterocycles. The van der Waals surface area contributed by atoms with Crippen molar-refractivity contribution in [1.29, 1.82) is 0 Å². The molecule has 0 aromatic carbocycles. The molecule has 0 saturated carbocycles. The summed E-state index contributed by atoms with van der Waals surface area (Å²) in [6, 6.07) is -0.102. The molecule has 1 heterocycles. The van der Waals surface area contributed by atoms with Gasteiger partial charge in [0, 0.05) is 0 Å². The van der Waals surface area contributed by atoms with Gasteiger partial charge in [0.1, 0.15) is 12.8 Å². The quantitative estimate of drug-likeness (QED) is 0.346. The molecule has 32 valence electrons. The second-order valence-corrected chi connectivity index (χ2v) is 1.06. The molecule has 0 atom stereocenters. The third-order valence-corrected chi connectivity index (χ3v) is 0.598. The summed E-state index contributed by atoms with van der Waals surface area (Å²) in [5.74, 6) is 0. The Hall–Kier alpha value is -0.860. The van der Waals surface area contributed by atoms with Gasteiger partial charge in [0.05, 0.1) is 0 Å². The van der Waals surface area contributed by atoms with E-state index in [1.165, 1.54) is 0 Å². The molecule has 0 bridgehead atoms. The normalized spacial score (nSPS) is 18.3. The predicted octanol–water partition coefficient (Wildman–Crippen LogP) is -2.14. The highest BCUT2D eigenvalue weighted by atomic mass is 16.2. The second kappa shape index (κ2) is 1.08. The average molecular weight is 85.1 g/mol. The zero-order valence-electron chi connectivity index (χ0n) is 3.19. The van der Waals surface area contributed by atoms with Crippen LogP contribution in [0.25, 0.3) is 0 Å². The number of urea groups is 1. The van der Waals surface area contributed by atoms with Gasteiger partial charge < -0.3 is 0 Å². The van der Waals surface area contributed by atoms with Crippen LogP contribution in [-0.2, 0) is 0 Å². The van der Waals surface area contributed by atoms with Crippen molar-refractivity contribution in [2.24, 2.45) is 0 Å². The van der Waals surface area contributed by atoms with Crippen LogP contribution in [0.15, 0.2) is 0 Å². The molecule has 0 fully saturated rings. The highest BCUT2D eigenvalue weighted by molar-refractivity contribution is 5.76. The van der Waals surface area contributed by atoms with Crippen LogP contribution in [0.3, 0.4) is 0 Å². The number of rotatable bonds is 0. The molecule has 1 aliphatic heterocycles. The van der Waals surface area contributed by atoms with Gasteiger partial charge in [-0.15, -0.1) is 0 Å². The van der Waals surface area contributed by atoms with E-state index >= 15 is 0 Å². The molecule has 0 aromatic rings. The Morgan fingerprint density at radius 1 is 2.00 bits per heavy atom. The van der Waals surface area contributed by atoms with Crippen LogP contribution in [0, 0.1) is 0 Å². The molecular formula is C3H5N2O+. The van der Waals surface area contributed by atoms with Crippen molar-refractivity contribution in [1.82, 2.24) is 5.32 Å². The lowest BCUT2D eigenvalue weighted by atomic mass is 10.8. The molecule has 6 heavy (non-hydrogen) atoms. The first-order valence-corrected chi connectivity index (χ1v) is 1.75. The zero-order chi connectivity index (χ0) is 4.41. The average Bonchev–Trinajstić information content (AvgIpc) is 1.86. The summed E-state index contributed by atoms with van der Waals surface area (Å²) in [7, 11) is 0. The maximum absolute atomic E-state index is 9.99. The van der Waals surface area contributed by atoms with Crippen molar-refractivity contribution in [3.05, 3.63) is 0 Å². The van der Waals surface area contributed by atoms with Crippen LogP contribution >= 0.6 is 0 Å². The highest BCUT2D eigenvalue weighted by Gasteiger charge is 2.06. The lowest BCUT2D eigenvalue weighted by molar-refractivity contribution is -0.329. The van der Waals surface area contributed by atoms with Crippen molar-refractivity contribution in [2.45, 2.75) is 0 Å². The first kappa shape index (κ1) is 3.33. The van der Waals surface area contributed by atoms with Gasteiger partial charge in [-0.2, -0.15) is 4.79 Å². The summed E-state index contributed by atoms with van der Waals surface area (Å²) < 4.78 is 0. The molecule has 3 heteroatoms. The monoisotopic (exact) mass is 85.0 g/mol. The molecule has 0 radical (unpaired) electrons. The summed E-state index contributed by atoms with van der Waals surface area (Å²) in [5, 5.41) is 2.51. The van der Waals surface area contributed by atoms with E-state index in [2.05, 4.69) is 10.3 Å². The van der Waals surface area contributed by atoms with E-state index in [-0.39, 0.29) is 6.03 Å². The van der Waals surface area contributed by atoms with Gasteiger partial charge in [-0.05, 0) is 0 Å². The number of hydrogen-bond donors (Lipinski definition) is 2. The molecule has 0 spiro atoms. The summed E-state index contributed by atoms with van der Waals surface area (Å²) in [4.78, 5) is 12.4. The van der Waals surface area contributed by atoms with E-state index in [1.807, 2.05) is 0 Å². The Balaban J connectivity index is 2.59. The van der Waals surface area contributed by atoms with Gasteiger partial charge >= 0.3 is 6.03 Å². The summed E-state index contributed by atoms with van der Waals surface area (Å²) in [5.41, 5.74) is 0. The fourth-order valence-electron chi connectivity index (χ4n) is 0.338. The molecular weight excluding hydrogens is 80.0 g/mol. The van der Waals surface area contributed by atoms with Crippen molar-refractivity contribution in [2.75, 3.05) is 6.54 Å². The Bertz CT molecular complexity index is 97.0. The standard InChI is InChI=1S/C3H4N2O/c6-3-4-1-2-5-3/h1H,2H2,(H,5,6)/p+1. The van der Waals surface area contributed by atoms with Crippen LogP contribution in [0.2, 0.25) is 0 Å². The van der Waals surface area contributed by atoms with Crippen molar-refractivity contribution < 1.29 is 9.79 Å². The van der Waals surface area contributed by atoms with Crippen molar-refractivity contribution >= 4 is 12.2 Å². The molecule has 2 N–H and O–H groups in total. The lowest BCUT2D eigenvalue weighted by Gasteiger charge is -1.68. The van der Waals surface area contributed by atoms with Gasteiger partial charge in [-0.1, -0.05) is 0 Å². The number of amides is 2. The van der Waals surface area contributed by atoms with Crippen molar-refractivity contribution in [3.63, 3.8) is 0 Å². The van der Waals surface area contributed by atoms with Crippen LogP contribution in [0.5, 0.6) is 0 Å². The van der Waals surface area contributed by atoms with E-state index in [4.69, 9.17) is 0 Å². The van der Waals surface area contributed by atoms with E-state index in [0.29, 0.717) is 6.54 Å². The third-order valence-electron chi connectivity index (χ3n) is 0.598. The van der Waals surface area contributed by atoms with E-state index in [9.17, 15) is 4.79 Å². The van der Waals surface area contributed by atoms with Crippen LogP contribution in [0.1, 0.15) is 0 Å². The van der Waals surface area contributed by atoms with Gasteiger partial charge in [-0.25, -0.2) is 10.3 Å². The Morgan fingerprint density at radius 2 is 2.83 bits per heavy atom. The first-order chi connectivity index (χ1) is 2.89. The summed E-state index contributed by atoms with van der Waals surface area (Å²) in [6.45, 7) is 0.652. The number of nitrogens with one attached hydrogen (secondary N) is 2. The maximum Gasteiger partial charge on any atom is 0.489 e. The Kier molecular flexibility index (Phi) is 0.602. The van der Waals surface area contributed by atoms with Crippen molar-refractivity contribution in [3.8, 4) is 0 Å². The number of carbonyl (C=O) groups is 1. The zero-order valence-corrected chi connectivity index (χ0v) is 3.19. The van der Waals surface area contributed by atoms with Crippen LogP contribution in [-0.4, -0.2) is 18.8 Å². The Labute approximate surface area is 35.1 Å². The van der Waals surface area contributed by atoms with Gasteiger partial charge in [0.25, 0.3) is 0 Å². The molecule has 2 amide bonds. The topological polar surface area (TPSA) is 43.1 Å². The first-order valence-electron chi connectivity index (χ1n) is 1.75. The Morgan fingerprint density at radius 3 is 3.00 bits per heavy atom. The van der Waals surface area contributed by atoms with Gasteiger partial charge in [0.15, 0.2) is 0 Å². The smallest absolute Gasteiger partial charge is 0.231 e. The third kappa shape index (κ3) is 0.381. The summed E-state index contributed by atoms with van der Waals surface area (Å²) >= 11 is 0. The SMILES string of the molecule is O=C1NCC=[NH+]1. The van der Waals surface area contributed by atoms with E-state index in [1.54, 1.807) is 6.21 Å². The molecule has 0 aromatic heterocycles. The van der Waals surface area contributed by atoms with Crippen LogP contribution < -0.4 is 10.3 Å². The fourth-order valence-corrected chi connectivity index (χ4v) is 0.338. The minimum Gasteiger partial charge on any atom is -0.231 e. The summed E-state index contributed by atoms with van der Waals surface area (Å²) in [6.07, 6.45) is 1.67. The predicted molar refractivity (Wildman–Crippen MR) is 20.4 cm³/mol. The molecule has 0 aliphatic carbocycles. The van der Waals surface area contributed by atoms with E-state index in [0.717, 1.165) is 0 Å². The minimum absolute atomic E-state index is 0.102. The van der Waals surface area contributed by atoms with Gasteiger partial charge in [-0.3, -0.25) is 0 Å². The molecule has 3 nitrogen and oxygen atoms in total. The maximum atomic E-state index is 9.99. The lowest BCUT2D eigenvalue weighted by Crippen LogP contribution is -2.72. The van der Waals surface area contributed by atoms with Gasteiger partial charge in [0.2, 0.25) is 0 Å². The largest absolute Gasteiger partial charge is 0.489 e. The molecule has 1 rings (SSSR count). The molecule has 0 unspecified atom stereocenters. The van der Waals surface area contributed by atoms with Crippen LogP contribution in [0.4, 0.5) is 4.79 Å². The molecule has 1 aliphatic rings. The van der Waals surface area contributed by atoms with E-state index < -0.39 is 0 Å². The second-order valence-electron chi connectivity index (χ2n) is 1.06. The number of carbonyl (C=O) groups excluding carboxylic acids is 1. The highest BCUT2D eigenvalue weighted by Crippen LogP contribution is 1.50. The fraction of sp³-hybridized carbons (Fsp3) is 0.333. The minimum atomic E-state index is -0.102. The number of hydrogen-bond acceptors (Lipinski definition) is 1.